The Bertz CT molecular complexity index is 1120. The van der Waals surface area contributed by atoms with Crippen LogP contribution in [0.15, 0.2) is 78.5 Å². The maximum atomic E-state index is 12.8. The first-order valence-corrected chi connectivity index (χ1v) is 9.08. The Hall–Kier alpha value is -4.12. The van der Waals surface area contributed by atoms with Gasteiger partial charge in [-0.2, -0.15) is 18.4 Å². The van der Waals surface area contributed by atoms with Gasteiger partial charge in [0.25, 0.3) is 5.91 Å². The second kappa shape index (κ2) is 9.59. The topological polar surface area (TPSA) is 75.0 Å². The monoisotopic (exact) mass is 423 g/mol. The van der Waals surface area contributed by atoms with Crippen LogP contribution >= 0.6 is 0 Å². The van der Waals surface area contributed by atoms with E-state index in [2.05, 4.69) is 10.3 Å². The van der Waals surface area contributed by atoms with E-state index < -0.39 is 17.6 Å². The molecule has 0 aliphatic heterocycles. The molecule has 1 N–H and O–H groups in total. The fourth-order valence-corrected chi connectivity index (χ4v) is 2.59. The SMILES string of the molecule is N#CC(=Cc1ccc(OCc2ccccn2)cc1)C(=O)Nc1cccc(C(F)(F)F)c1. The van der Waals surface area contributed by atoms with Crippen LogP contribution in [0, 0.1) is 11.3 Å². The maximum absolute atomic E-state index is 12.8. The predicted molar refractivity (Wildman–Crippen MR) is 109 cm³/mol. The highest BCUT2D eigenvalue weighted by atomic mass is 19.4. The zero-order valence-electron chi connectivity index (χ0n) is 16.1. The molecular weight excluding hydrogens is 407 g/mol. The van der Waals surface area contributed by atoms with E-state index in [1.807, 2.05) is 12.1 Å². The Labute approximate surface area is 176 Å². The molecule has 0 aliphatic carbocycles. The van der Waals surface area contributed by atoms with Gasteiger partial charge < -0.3 is 10.1 Å². The summed E-state index contributed by atoms with van der Waals surface area (Å²) in [4.78, 5) is 16.5. The van der Waals surface area contributed by atoms with Gasteiger partial charge in [0.2, 0.25) is 0 Å². The summed E-state index contributed by atoms with van der Waals surface area (Å²) in [6.07, 6.45) is -1.53. The van der Waals surface area contributed by atoms with Crippen molar-refractivity contribution in [2.24, 2.45) is 0 Å². The molecule has 0 aliphatic rings. The molecule has 8 heteroatoms. The fourth-order valence-electron chi connectivity index (χ4n) is 2.59. The molecule has 0 spiro atoms. The van der Waals surface area contributed by atoms with Gasteiger partial charge in [-0.05, 0) is 54.1 Å². The van der Waals surface area contributed by atoms with Crippen molar-refractivity contribution in [3.05, 3.63) is 95.3 Å². The normalized spacial score (nSPS) is 11.5. The summed E-state index contributed by atoms with van der Waals surface area (Å²) in [7, 11) is 0. The number of carbonyl (C=O) groups is 1. The molecule has 31 heavy (non-hydrogen) atoms. The predicted octanol–water partition coefficient (Wildman–Crippen LogP) is 5.23. The number of halogens is 3. The molecule has 3 aromatic rings. The van der Waals surface area contributed by atoms with Crippen molar-refractivity contribution in [3.63, 3.8) is 0 Å². The Morgan fingerprint density at radius 3 is 2.52 bits per heavy atom. The Morgan fingerprint density at radius 1 is 1.10 bits per heavy atom. The van der Waals surface area contributed by atoms with Gasteiger partial charge in [0.1, 0.15) is 24.0 Å². The first kappa shape index (κ1) is 21.6. The third-order valence-electron chi connectivity index (χ3n) is 4.12. The second-order valence-corrected chi connectivity index (χ2v) is 6.38. The number of aromatic nitrogens is 1. The molecule has 0 unspecified atom stereocenters. The van der Waals surface area contributed by atoms with Crippen LogP contribution in [0.2, 0.25) is 0 Å². The zero-order valence-corrected chi connectivity index (χ0v) is 16.1. The zero-order chi connectivity index (χ0) is 22.3. The number of ether oxygens (including phenoxy) is 1. The Kier molecular flexibility index (Phi) is 6.67. The highest BCUT2D eigenvalue weighted by molar-refractivity contribution is 6.09. The molecule has 2 aromatic carbocycles. The molecular formula is C23H16F3N3O2. The van der Waals surface area contributed by atoms with Gasteiger partial charge >= 0.3 is 6.18 Å². The number of amides is 1. The lowest BCUT2D eigenvalue weighted by Crippen LogP contribution is -2.14. The number of alkyl halides is 3. The number of nitrogens with zero attached hydrogens (tertiary/aromatic N) is 2. The van der Waals surface area contributed by atoms with Crippen LogP contribution in [0.3, 0.4) is 0 Å². The van der Waals surface area contributed by atoms with E-state index in [1.165, 1.54) is 18.2 Å². The van der Waals surface area contributed by atoms with E-state index >= 15 is 0 Å². The van der Waals surface area contributed by atoms with E-state index in [4.69, 9.17) is 4.74 Å². The van der Waals surface area contributed by atoms with Crippen LogP contribution in [-0.2, 0) is 17.6 Å². The molecule has 156 valence electrons. The average molecular weight is 423 g/mol. The van der Waals surface area contributed by atoms with Gasteiger partial charge in [0, 0.05) is 11.9 Å². The minimum absolute atomic E-state index is 0.0563. The number of hydrogen-bond acceptors (Lipinski definition) is 4. The number of anilines is 1. The molecule has 0 radical (unpaired) electrons. The molecule has 0 saturated carbocycles. The number of benzene rings is 2. The molecule has 1 amide bonds. The summed E-state index contributed by atoms with van der Waals surface area (Å²) in [5.74, 6) is -0.230. The third-order valence-corrected chi connectivity index (χ3v) is 4.12. The first-order valence-electron chi connectivity index (χ1n) is 9.08. The lowest BCUT2D eigenvalue weighted by atomic mass is 10.1. The fraction of sp³-hybridized carbons (Fsp3) is 0.0870. The summed E-state index contributed by atoms with van der Waals surface area (Å²) in [5.41, 5.74) is 0.123. The summed E-state index contributed by atoms with van der Waals surface area (Å²) >= 11 is 0. The second-order valence-electron chi connectivity index (χ2n) is 6.38. The van der Waals surface area contributed by atoms with Crippen molar-refractivity contribution in [1.82, 2.24) is 4.98 Å². The highest BCUT2D eigenvalue weighted by Crippen LogP contribution is 2.30. The van der Waals surface area contributed by atoms with E-state index in [1.54, 1.807) is 42.6 Å². The summed E-state index contributed by atoms with van der Waals surface area (Å²) in [5, 5.41) is 11.6. The lowest BCUT2D eigenvalue weighted by molar-refractivity contribution is -0.137. The van der Waals surface area contributed by atoms with Gasteiger partial charge in [-0.3, -0.25) is 9.78 Å². The highest BCUT2D eigenvalue weighted by Gasteiger charge is 2.30. The van der Waals surface area contributed by atoms with Gasteiger partial charge in [-0.25, -0.2) is 0 Å². The van der Waals surface area contributed by atoms with Crippen molar-refractivity contribution >= 4 is 17.7 Å². The molecule has 5 nitrogen and oxygen atoms in total. The van der Waals surface area contributed by atoms with Crippen LogP contribution in [0.1, 0.15) is 16.8 Å². The Balaban J connectivity index is 1.67. The van der Waals surface area contributed by atoms with E-state index in [0.29, 0.717) is 17.9 Å². The van der Waals surface area contributed by atoms with Crippen LogP contribution in [0.5, 0.6) is 5.75 Å². The first-order chi connectivity index (χ1) is 14.8. The van der Waals surface area contributed by atoms with Crippen molar-refractivity contribution in [3.8, 4) is 11.8 Å². The van der Waals surface area contributed by atoms with Gasteiger partial charge in [-0.1, -0.05) is 24.3 Å². The van der Waals surface area contributed by atoms with Gasteiger partial charge in [0.05, 0.1) is 11.3 Å². The number of carbonyl (C=O) groups excluding carboxylic acids is 1. The quantitative estimate of drug-likeness (QED) is 0.435. The van der Waals surface area contributed by atoms with E-state index in [9.17, 15) is 23.2 Å². The summed E-state index contributed by atoms with van der Waals surface area (Å²) in [6, 6.07) is 18.1. The van der Waals surface area contributed by atoms with Crippen molar-refractivity contribution < 1.29 is 22.7 Å². The van der Waals surface area contributed by atoms with Crippen molar-refractivity contribution in [2.45, 2.75) is 12.8 Å². The Morgan fingerprint density at radius 2 is 1.87 bits per heavy atom. The number of nitrogens with one attached hydrogen (secondary N) is 1. The van der Waals surface area contributed by atoms with Crippen molar-refractivity contribution in [2.75, 3.05) is 5.32 Å². The van der Waals surface area contributed by atoms with Crippen molar-refractivity contribution in [1.29, 1.82) is 5.26 Å². The van der Waals surface area contributed by atoms with E-state index in [0.717, 1.165) is 17.8 Å². The largest absolute Gasteiger partial charge is 0.487 e. The molecule has 0 atom stereocenters. The number of hydrogen-bond donors (Lipinski definition) is 1. The third kappa shape index (κ3) is 6.18. The average Bonchev–Trinajstić information content (AvgIpc) is 2.77. The van der Waals surface area contributed by atoms with Gasteiger partial charge in [0.15, 0.2) is 0 Å². The maximum Gasteiger partial charge on any atom is 0.416 e. The smallest absolute Gasteiger partial charge is 0.416 e. The minimum Gasteiger partial charge on any atom is -0.487 e. The molecule has 3 rings (SSSR count). The molecule has 0 bridgehead atoms. The lowest BCUT2D eigenvalue weighted by Gasteiger charge is -2.09. The van der Waals surface area contributed by atoms with Crippen LogP contribution < -0.4 is 10.1 Å². The van der Waals surface area contributed by atoms with Crippen LogP contribution in [0.4, 0.5) is 18.9 Å². The number of nitriles is 1. The van der Waals surface area contributed by atoms with E-state index in [-0.39, 0.29) is 11.3 Å². The van der Waals surface area contributed by atoms with Crippen LogP contribution in [-0.4, -0.2) is 10.9 Å². The summed E-state index contributed by atoms with van der Waals surface area (Å²) < 4.78 is 44.1. The molecule has 0 fully saturated rings. The molecule has 1 aromatic heterocycles. The molecule has 0 saturated heterocycles. The minimum atomic E-state index is -4.53. The van der Waals surface area contributed by atoms with Gasteiger partial charge in [-0.15, -0.1) is 0 Å². The molecule has 1 heterocycles. The summed E-state index contributed by atoms with van der Waals surface area (Å²) in [6.45, 7) is 0.291. The number of pyridine rings is 1. The number of rotatable bonds is 6. The van der Waals surface area contributed by atoms with Crippen LogP contribution in [0.25, 0.3) is 6.08 Å². The standard InChI is InChI=1S/C23H16F3N3O2/c24-23(25,26)18-4-3-6-19(13-18)29-22(30)17(14-27)12-16-7-9-21(10-8-16)31-15-20-5-1-2-11-28-20/h1-13H,15H2,(H,29,30).